The molecular formula is C10H10O9. The first kappa shape index (κ1) is 14.4. The van der Waals surface area contributed by atoms with Gasteiger partial charge >= 0.3 is 11.9 Å². The molecule has 0 unspecified atom stereocenters. The van der Waals surface area contributed by atoms with Crippen LogP contribution in [0.4, 0.5) is 0 Å². The number of rotatable bonds is 5. The number of phenolic OH excluding ortho intramolecular Hbond substituents is 2. The van der Waals surface area contributed by atoms with Gasteiger partial charge in [0.15, 0.2) is 11.5 Å². The van der Waals surface area contributed by atoms with Crippen LogP contribution in [0.5, 0.6) is 23.0 Å². The summed E-state index contributed by atoms with van der Waals surface area (Å²) in [7, 11) is 0. The molecule has 104 valence electrons. The van der Waals surface area contributed by atoms with Gasteiger partial charge in [-0.05, 0) is 0 Å². The Morgan fingerprint density at radius 3 is 1.84 bits per heavy atom. The fourth-order valence-corrected chi connectivity index (χ4v) is 1.39. The van der Waals surface area contributed by atoms with Crippen molar-refractivity contribution in [1.82, 2.24) is 0 Å². The standard InChI is InChI=1S/C10H10O9/c11-1-2-19-8-4(10(17)18)3(9(15)16)5(12)6(13)7(8)14/h11-14H,1-2H2,(H,15,16)(H,17,18). The molecule has 0 amide bonds. The minimum absolute atomic E-state index is 0.447. The van der Waals surface area contributed by atoms with E-state index in [0.717, 1.165) is 0 Å². The summed E-state index contributed by atoms with van der Waals surface area (Å²) in [5.41, 5.74) is -2.16. The SMILES string of the molecule is O=C(O)c1c(O)c(O)c(O)c(OCCO)c1C(=O)O. The van der Waals surface area contributed by atoms with E-state index in [9.17, 15) is 24.9 Å². The topological polar surface area (TPSA) is 165 Å². The van der Waals surface area contributed by atoms with Crippen molar-refractivity contribution in [3.63, 3.8) is 0 Å². The number of aromatic hydroxyl groups is 3. The number of phenols is 3. The Morgan fingerprint density at radius 2 is 1.42 bits per heavy atom. The van der Waals surface area contributed by atoms with E-state index in [1.807, 2.05) is 0 Å². The van der Waals surface area contributed by atoms with Crippen molar-refractivity contribution in [2.75, 3.05) is 13.2 Å². The Balaban J connectivity index is 3.68. The first-order valence-electron chi connectivity index (χ1n) is 4.84. The minimum Gasteiger partial charge on any atom is -0.504 e. The lowest BCUT2D eigenvalue weighted by Crippen LogP contribution is -2.13. The normalized spacial score (nSPS) is 10.2. The maximum absolute atomic E-state index is 11.0. The second kappa shape index (κ2) is 5.31. The van der Waals surface area contributed by atoms with Gasteiger partial charge in [-0.25, -0.2) is 9.59 Å². The van der Waals surface area contributed by atoms with Crippen LogP contribution in [0.3, 0.4) is 0 Å². The Morgan fingerprint density at radius 1 is 0.895 bits per heavy atom. The molecule has 0 fully saturated rings. The Kier molecular flexibility index (Phi) is 4.02. The lowest BCUT2D eigenvalue weighted by Gasteiger charge is -2.14. The van der Waals surface area contributed by atoms with Gasteiger partial charge in [0.05, 0.1) is 6.61 Å². The van der Waals surface area contributed by atoms with Gasteiger partial charge in [-0.15, -0.1) is 0 Å². The molecule has 19 heavy (non-hydrogen) atoms. The molecule has 0 aromatic heterocycles. The number of hydrogen-bond acceptors (Lipinski definition) is 7. The van der Waals surface area contributed by atoms with Crippen molar-refractivity contribution in [3.8, 4) is 23.0 Å². The van der Waals surface area contributed by atoms with E-state index >= 15 is 0 Å². The molecule has 0 radical (unpaired) electrons. The number of hydrogen-bond donors (Lipinski definition) is 6. The second-order valence-corrected chi connectivity index (χ2v) is 3.31. The van der Waals surface area contributed by atoms with Gasteiger partial charge in [0.25, 0.3) is 0 Å². The quantitative estimate of drug-likeness (QED) is 0.390. The first-order chi connectivity index (χ1) is 8.82. The van der Waals surface area contributed by atoms with E-state index in [1.54, 1.807) is 0 Å². The molecular weight excluding hydrogens is 264 g/mol. The summed E-state index contributed by atoms with van der Waals surface area (Å²) >= 11 is 0. The molecule has 6 N–H and O–H groups in total. The van der Waals surface area contributed by atoms with Crippen LogP contribution >= 0.6 is 0 Å². The summed E-state index contributed by atoms with van der Waals surface area (Å²) in [6.45, 7) is -0.986. The molecule has 0 spiro atoms. The summed E-state index contributed by atoms with van der Waals surface area (Å²) in [4.78, 5) is 21.9. The highest BCUT2D eigenvalue weighted by molar-refractivity contribution is 6.07. The Labute approximate surface area is 105 Å². The lowest BCUT2D eigenvalue weighted by atomic mass is 10.0. The summed E-state index contributed by atoms with van der Waals surface area (Å²) in [5, 5.41) is 54.5. The van der Waals surface area contributed by atoms with E-state index in [0.29, 0.717) is 0 Å². The van der Waals surface area contributed by atoms with Crippen molar-refractivity contribution in [2.45, 2.75) is 0 Å². The first-order valence-corrected chi connectivity index (χ1v) is 4.84. The number of carboxylic acid groups (broad SMARTS) is 2. The molecule has 1 aromatic rings. The molecule has 0 heterocycles. The number of ether oxygens (including phenoxy) is 1. The molecule has 0 aliphatic heterocycles. The van der Waals surface area contributed by atoms with Gasteiger partial charge in [0.2, 0.25) is 11.5 Å². The minimum atomic E-state index is -1.83. The average molecular weight is 274 g/mol. The molecule has 0 aliphatic rings. The van der Waals surface area contributed by atoms with Crippen LogP contribution < -0.4 is 4.74 Å². The van der Waals surface area contributed by atoms with E-state index in [4.69, 9.17) is 15.3 Å². The van der Waals surface area contributed by atoms with Gasteiger partial charge in [-0.1, -0.05) is 0 Å². The van der Waals surface area contributed by atoms with Crippen molar-refractivity contribution in [1.29, 1.82) is 0 Å². The van der Waals surface area contributed by atoms with Crippen LogP contribution in [0.2, 0.25) is 0 Å². The van der Waals surface area contributed by atoms with Crippen LogP contribution in [-0.4, -0.2) is 55.8 Å². The maximum atomic E-state index is 11.0. The van der Waals surface area contributed by atoms with Gasteiger partial charge in [0, 0.05) is 0 Å². The van der Waals surface area contributed by atoms with Gasteiger partial charge < -0.3 is 35.4 Å². The Hall–Kier alpha value is -2.68. The van der Waals surface area contributed by atoms with Gasteiger partial charge in [0.1, 0.15) is 17.7 Å². The predicted octanol–water partition coefficient (Wildman–Crippen LogP) is -0.429. The van der Waals surface area contributed by atoms with Crippen LogP contribution in [0.1, 0.15) is 20.7 Å². The number of benzene rings is 1. The molecule has 0 atom stereocenters. The molecule has 0 bridgehead atoms. The third kappa shape index (κ3) is 2.45. The second-order valence-electron chi connectivity index (χ2n) is 3.31. The molecule has 0 saturated heterocycles. The molecule has 1 aromatic carbocycles. The molecule has 9 nitrogen and oxygen atoms in total. The largest absolute Gasteiger partial charge is 0.504 e. The summed E-state index contributed by atoms with van der Waals surface area (Å²) in [5.74, 6) is -8.13. The fourth-order valence-electron chi connectivity index (χ4n) is 1.39. The number of carboxylic acids is 2. The number of aromatic carboxylic acids is 2. The molecule has 9 heteroatoms. The van der Waals surface area contributed by atoms with Crippen LogP contribution in [-0.2, 0) is 0 Å². The van der Waals surface area contributed by atoms with Crippen LogP contribution in [0, 0.1) is 0 Å². The van der Waals surface area contributed by atoms with E-state index < -0.39 is 59.3 Å². The van der Waals surface area contributed by atoms with Crippen molar-refractivity contribution < 1.29 is 45.0 Å². The predicted molar refractivity (Wildman–Crippen MR) is 57.9 cm³/mol. The van der Waals surface area contributed by atoms with E-state index in [2.05, 4.69) is 4.74 Å². The van der Waals surface area contributed by atoms with Crippen LogP contribution in [0.25, 0.3) is 0 Å². The monoisotopic (exact) mass is 274 g/mol. The van der Waals surface area contributed by atoms with Crippen molar-refractivity contribution in [3.05, 3.63) is 11.1 Å². The summed E-state index contributed by atoms with van der Waals surface area (Å²) in [6, 6.07) is 0. The smallest absolute Gasteiger partial charge is 0.340 e. The number of carbonyl (C=O) groups is 2. The number of aliphatic hydroxyl groups excluding tert-OH is 1. The highest BCUT2D eigenvalue weighted by Crippen LogP contribution is 2.47. The molecule has 1 rings (SSSR count). The zero-order chi connectivity index (χ0) is 14.7. The zero-order valence-corrected chi connectivity index (χ0v) is 9.32. The lowest BCUT2D eigenvalue weighted by molar-refractivity contribution is 0.0641. The van der Waals surface area contributed by atoms with Crippen molar-refractivity contribution in [2.24, 2.45) is 0 Å². The van der Waals surface area contributed by atoms with E-state index in [-0.39, 0.29) is 0 Å². The molecule has 0 aliphatic carbocycles. The summed E-state index contributed by atoms with van der Waals surface area (Å²) in [6.07, 6.45) is 0. The average Bonchev–Trinajstić information content (AvgIpc) is 2.33. The Bertz CT molecular complexity index is 535. The highest BCUT2D eigenvalue weighted by atomic mass is 16.5. The third-order valence-electron chi connectivity index (χ3n) is 2.14. The number of aliphatic hydroxyl groups is 1. The molecule has 0 saturated carbocycles. The van der Waals surface area contributed by atoms with Gasteiger partial charge in [-0.2, -0.15) is 0 Å². The third-order valence-corrected chi connectivity index (χ3v) is 2.14. The maximum Gasteiger partial charge on any atom is 0.340 e. The highest BCUT2D eigenvalue weighted by Gasteiger charge is 2.32. The van der Waals surface area contributed by atoms with Crippen molar-refractivity contribution >= 4 is 11.9 Å². The van der Waals surface area contributed by atoms with Crippen LogP contribution in [0.15, 0.2) is 0 Å². The zero-order valence-electron chi connectivity index (χ0n) is 9.32. The van der Waals surface area contributed by atoms with Gasteiger partial charge in [-0.3, -0.25) is 0 Å². The fraction of sp³-hybridized carbons (Fsp3) is 0.200. The van der Waals surface area contributed by atoms with E-state index in [1.165, 1.54) is 0 Å². The summed E-state index contributed by atoms with van der Waals surface area (Å²) < 4.78 is 4.69.